The molecular formula is C71H121NO18. The van der Waals surface area contributed by atoms with Gasteiger partial charge in [0.25, 0.3) is 0 Å². The summed E-state index contributed by atoms with van der Waals surface area (Å²) in [5.74, 6) is -0.294. The van der Waals surface area contributed by atoms with Crippen LogP contribution in [0.4, 0.5) is 0 Å². The molecule has 3 saturated heterocycles. The summed E-state index contributed by atoms with van der Waals surface area (Å²) in [6, 6.07) is -0.999. The minimum atomic E-state index is -1.98. The van der Waals surface area contributed by atoms with Gasteiger partial charge in [0.15, 0.2) is 18.9 Å². The first-order valence-corrected chi connectivity index (χ1v) is 34.5. The Balaban J connectivity index is 1.36. The highest BCUT2D eigenvalue weighted by atomic mass is 16.8. The van der Waals surface area contributed by atoms with Crippen LogP contribution in [-0.4, -0.2) is 193 Å². The molecule has 17 unspecified atom stereocenters. The molecule has 3 fully saturated rings. The first-order valence-electron chi connectivity index (χ1n) is 34.5. The Hall–Kier alpha value is -3.29. The van der Waals surface area contributed by atoms with Gasteiger partial charge >= 0.3 is 0 Å². The number of amides is 1. The maximum Gasteiger partial charge on any atom is 0.220 e. The Labute approximate surface area is 539 Å². The molecule has 3 aliphatic heterocycles. The van der Waals surface area contributed by atoms with Gasteiger partial charge in [0.1, 0.15) is 73.2 Å². The molecule has 3 rings (SSSR count). The molecule has 0 aromatic rings. The van der Waals surface area contributed by atoms with Gasteiger partial charge in [-0.3, -0.25) is 4.79 Å². The predicted molar refractivity (Wildman–Crippen MR) is 351 cm³/mol. The number of aliphatic hydroxyl groups excluding tert-OH is 11. The highest BCUT2D eigenvalue weighted by molar-refractivity contribution is 5.76. The Morgan fingerprint density at radius 2 is 0.778 bits per heavy atom. The molecule has 19 nitrogen and oxygen atoms in total. The maximum absolute atomic E-state index is 13.4. The molecule has 0 spiro atoms. The molecule has 0 radical (unpaired) electrons. The summed E-state index contributed by atoms with van der Waals surface area (Å²) in [6.45, 7) is 1.52. The molecule has 3 heterocycles. The molecule has 3 aliphatic rings. The standard InChI is InChI=1S/C71H121NO18/c1-3-5-7-9-11-13-15-17-18-19-20-21-22-23-24-25-26-27-28-29-30-31-32-33-34-35-36-37-39-41-43-45-47-49-59(77)72-54(55(76)48-46-44-42-40-38-16-14-12-10-8-6-4-2)53-85-69-65(83)62(80)67(57(51-74)87-69)90-71-66(84)63(81)68(58(52-75)88-71)89-70-64(82)61(79)60(78)56(50-73)86-70/h5,7,10-13,17-18,20-21,23-24,38,40,46,48,54-58,60-71,73-76,78-84H,3-4,6,8-9,14-16,19,22,25-37,39,41-45,47,49-53H2,1-2H3,(H,72,77)/b7-5-,12-10+,13-11-,18-17-,21-20-,24-23-,40-38+,48-46+. The van der Waals surface area contributed by atoms with Gasteiger partial charge < -0.3 is 89.9 Å². The average Bonchev–Trinajstić information content (AvgIpc) is 0.864. The monoisotopic (exact) mass is 1280 g/mol. The fraction of sp³-hybridized carbons (Fsp3) is 0.761. The lowest BCUT2D eigenvalue weighted by atomic mass is 9.96. The third-order valence-electron chi connectivity index (χ3n) is 16.6. The van der Waals surface area contributed by atoms with Gasteiger partial charge in [0.05, 0.1) is 38.6 Å². The highest BCUT2D eigenvalue weighted by Gasteiger charge is 2.53. The molecule has 17 atom stereocenters. The molecule has 90 heavy (non-hydrogen) atoms. The number of carbonyl (C=O) groups excluding carboxylic acids is 1. The Bertz CT molecular complexity index is 2010. The van der Waals surface area contributed by atoms with E-state index >= 15 is 0 Å². The minimum absolute atomic E-state index is 0.228. The number of allylic oxidation sites excluding steroid dienone is 15. The second-order valence-electron chi connectivity index (χ2n) is 24.2. The minimum Gasteiger partial charge on any atom is -0.394 e. The van der Waals surface area contributed by atoms with Gasteiger partial charge in [-0.1, -0.05) is 220 Å². The van der Waals surface area contributed by atoms with Crippen molar-refractivity contribution >= 4 is 5.91 Å². The van der Waals surface area contributed by atoms with Crippen molar-refractivity contribution in [1.29, 1.82) is 0 Å². The van der Waals surface area contributed by atoms with Crippen LogP contribution in [0.1, 0.15) is 213 Å². The van der Waals surface area contributed by atoms with Crippen LogP contribution in [0.15, 0.2) is 97.2 Å². The zero-order valence-electron chi connectivity index (χ0n) is 54.6. The molecule has 0 bridgehead atoms. The van der Waals surface area contributed by atoms with Crippen molar-refractivity contribution in [1.82, 2.24) is 5.32 Å². The van der Waals surface area contributed by atoms with Gasteiger partial charge in [-0.2, -0.15) is 0 Å². The average molecular weight is 1280 g/mol. The number of carbonyl (C=O) groups is 1. The maximum atomic E-state index is 13.4. The molecule has 0 aromatic carbocycles. The summed E-state index contributed by atoms with van der Waals surface area (Å²) >= 11 is 0. The van der Waals surface area contributed by atoms with Crippen LogP contribution in [0.5, 0.6) is 0 Å². The Morgan fingerprint density at radius 3 is 1.24 bits per heavy atom. The number of rotatable bonds is 51. The van der Waals surface area contributed by atoms with Gasteiger partial charge in [0, 0.05) is 6.42 Å². The number of nitrogens with one attached hydrogen (secondary N) is 1. The second-order valence-corrected chi connectivity index (χ2v) is 24.2. The normalized spacial score (nSPS) is 28.7. The van der Waals surface area contributed by atoms with E-state index in [9.17, 15) is 61.0 Å². The van der Waals surface area contributed by atoms with Gasteiger partial charge in [0.2, 0.25) is 5.91 Å². The molecule has 0 aromatic heterocycles. The van der Waals surface area contributed by atoms with Crippen LogP contribution in [0.3, 0.4) is 0 Å². The number of unbranched alkanes of at least 4 members (excludes halogenated alkanes) is 21. The summed E-state index contributed by atoms with van der Waals surface area (Å²) in [5, 5.41) is 120. The van der Waals surface area contributed by atoms with Crippen LogP contribution < -0.4 is 5.32 Å². The van der Waals surface area contributed by atoms with Crippen molar-refractivity contribution in [2.75, 3.05) is 26.4 Å². The number of hydrogen-bond donors (Lipinski definition) is 12. The van der Waals surface area contributed by atoms with Crippen molar-refractivity contribution in [3.05, 3.63) is 97.2 Å². The summed E-state index contributed by atoms with van der Waals surface area (Å²) in [4.78, 5) is 13.4. The van der Waals surface area contributed by atoms with Crippen molar-refractivity contribution in [2.45, 2.75) is 317 Å². The molecule has 518 valence electrons. The van der Waals surface area contributed by atoms with Gasteiger partial charge in [-0.05, 0) is 83.5 Å². The van der Waals surface area contributed by atoms with Gasteiger partial charge in [-0.15, -0.1) is 0 Å². The van der Waals surface area contributed by atoms with E-state index in [0.29, 0.717) is 12.8 Å². The van der Waals surface area contributed by atoms with Crippen LogP contribution in [-0.2, 0) is 33.2 Å². The number of hydrogen-bond acceptors (Lipinski definition) is 18. The van der Waals surface area contributed by atoms with Crippen LogP contribution in [0, 0.1) is 0 Å². The van der Waals surface area contributed by atoms with Crippen molar-refractivity contribution in [2.24, 2.45) is 0 Å². The van der Waals surface area contributed by atoms with E-state index in [1.807, 2.05) is 6.08 Å². The smallest absolute Gasteiger partial charge is 0.220 e. The molecule has 1 amide bonds. The summed E-state index contributed by atoms with van der Waals surface area (Å²) in [5.41, 5.74) is 0. The molecule has 0 saturated carbocycles. The summed E-state index contributed by atoms with van der Waals surface area (Å²) in [6.07, 6.45) is 41.3. The number of aliphatic hydroxyl groups is 11. The fourth-order valence-corrected chi connectivity index (χ4v) is 11.0. The van der Waals surface area contributed by atoms with Crippen LogP contribution in [0.2, 0.25) is 0 Å². The summed E-state index contributed by atoms with van der Waals surface area (Å²) in [7, 11) is 0. The van der Waals surface area contributed by atoms with E-state index in [0.717, 1.165) is 77.0 Å². The topological polar surface area (TPSA) is 307 Å². The van der Waals surface area contributed by atoms with E-state index in [2.05, 4.69) is 104 Å². The summed E-state index contributed by atoms with van der Waals surface area (Å²) < 4.78 is 34.3. The lowest BCUT2D eigenvalue weighted by molar-refractivity contribution is -0.379. The SMILES string of the molecule is CC/C=C\C/C=C\C/C=C\C/C=C\C/C=C\CCCCCCCCCCCCCCCCCCCC(=O)NC(COC1OC(CO)C(OC2OC(CO)C(OC3OC(CO)C(O)C(O)C3O)C(O)C2O)C(O)C1O)C(O)/C=C/CC/C=C/CC/C=C/CCCC. The Kier molecular flexibility index (Phi) is 46.8. The lowest BCUT2D eigenvalue weighted by Gasteiger charge is -2.48. The Morgan fingerprint density at radius 1 is 0.411 bits per heavy atom. The quantitative estimate of drug-likeness (QED) is 0.0200. The van der Waals surface area contributed by atoms with E-state index in [1.54, 1.807) is 6.08 Å². The second kappa shape index (κ2) is 52.0. The third kappa shape index (κ3) is 33.7. The zero-order valence-corrected chi connectivity index (χ0v) is 54.6. The fourth-order valence-electron chi connectivity index (χ4n) is 11.0. The van der Waals surface area contributed by atoms with Crippen molar-refractivity contribution in [3.8, 4) is 0 Å². The predicted octanol–water partition coefficient (Wildman–Crippen LogP) is 8.88. The van der Waals surface area contributed by atoms with Gasteiger partial charge in [-0.25, -0.2) is 0 Å². The molecule has 12 N–H and O–H groups in total. The molecule has 19 heteroatoms. The largest absolute Gasteiger partial charge is 0.394 e. The van der Waals surface area contributed by atoms with Crippen LogP contribution >= 0.6 is 0 Å². The third-order valence-corrected chi connectivity index (χ3v) is 16.6. The van der Waals surface area contributed by atoms with E-state index in [4.69, 9.17) is 28.4 Å². The van der Waals surface area contributed by atoms with E-state index in [1.165, 1.54) is 103 Å². The lowest BCUT2D eigenvalue weighted by Crippen LogP contribution is -2.66. The van der Waals surface area contributed by atoms with Crippen LogP contribution in [0.25, 0.3) is 0 Å². The molecular weight excluding hydrogens is 1150 g/mol. The number of ether oxygens (including phenoxy) is 6. The van der Waals surface area contributed by atoms with Crippen molar-refractivity contribution < 1.29 is 89.4 Å². The molecule has 0 aliphatic carbocycles. The highest BCUT2D eigenvalue weighted by Crippen LogP contribution is 2.33. The van der Waals surface area contributed by atoms with Crippen molar-refractivity contribution in [3.63, 3.8) is 0 Å². The zero-order chi connectivity index (χ0) is 65.4. The van der Waals surface area contributed by atoms with E-state index < -0.39 is 124 Å². The van der Waals surface area contributed by atoms with E-state index in [-0.39, 0.29) is 18.9 Å². The first kappa shape index (κ1) is 80.9. The first-order chi connectivity index (χ1) is 43.8.